The van der Waals surface area contributed by atoms with E-state index in [0.717, 1.165) is 11.1 Å². The van der Waals surface area contributed by atoms with Gasteiger partial charge in [0.2, 0.25) is 0 Å². The maximum Gasteiger partial charge on any atom is 0.173 e. The van der Waals surface area contributed by atoms with E-state index in [4.69, 9.17) is 0 Å². The highest BCUT2D eigenvalue weighted by atomic mass is 16.3. The number of Topliss-reactive ketones (excluding diaryl/α,β-unsaturated/α-hetero) is 3. The van der Waals surface area contributed by atoms with E-state index in [0.29, 0.717) is 0 Å². The molecule has 0 heterocycles. The van der Waals surface area contributed by atoms with Gasteiger partial charge in [-0.05, 0) is 46.1 Å². The van der Waals surface area contributed by atoms with Gasteiger partial charge >= 0.3 is 0 Å². The maximum absolute atomic E-state index is 12.8. The maximum atomic E-state index is 12.8. The Hall–Kier alpha value is -1.81. The lowest BCUT2D eigenvalue weighted by Crippen LogP contribution is -2.43. The van der Waals surface area contributed by atoms with E-state index >= 15 is 0 Å². The van der Waals surface area contributed by atoms with Crippen molar-refractivity contribution in [3.63, 3.8) is 0 Å². The highest BCUT2D eigenvalue weighted by Gasteiger charge is 2.51. The second-order valence-corrected chi connectivity index (χ2v) is 7.75. The number of aliphatic hydroxyl groups is 1. The van der Waals surface area contributed by atoms with Crippen molar-refractivity contribution in [2.45, 2.75) is 66.4 Å². The highest BCUT2D eigenvalue weighted by Crippen LogP contribution is 2.37. The standard InChI is InChI=1S/C21H30O4/c1-13(2)7-9-17-20(24)16(18(22)11-15(5)6)12-21(17,25)19(23)10-8-14(3)4/h7-8,12,15,17,25H,9-11H2,1-6H3/t17?,21-/m1/s1. The van der Waals surface area contributed by atoms with E-state index < -0.39 is 23.1 Å². The molecule has 0 bridgehead atoms. The third-order valence-electron chi connectivity index (χ3n) is 4.28. The molecule has 0 amide bonds. The number of ketones is 3. The molecule has 0 saturated carbocycles. The zero-order chi connectivity index (χ0) is 19.4. The van der Waals surface area contributed by atoms with E-state index in [1.54, 1.807) is 6.08 Å². The summed E-state index contributed by atoms with van der Waals surface area (Å²) in [6.45, 7) is 11.3. The summed E-state index contributed by atoms with van der Waals surface area (Å²) in [7, 11) is 0. The summed E-state index contributed by atoms with van der Waals surface area (Å²) in [5.41, 5.74) is 0.0294. The largest absolute Gasteiger partial charge is 0.377 e. The van der Waals surface area contributed by atoms with Crippen LogP contribution in [-0.4, -0.2) is 28.1 Å². The Morgan fingerprint density at radius 3 is 2.20 bits per heavy atom. The molecule has 1 rings (SSSR count). The van der Waals surface area contributed by atoms with Crippen molar-refractivity contribution in [2.24, 2.45) is 11.8 Å². The zero-order valence-electron chi connectivity index (χ0n) is 16.2. The van der Waals surface area contributed by atoms with Gasteiger partial charge in [0.1, 0.15) is 0 Å². The molecule has 1 N–H and O–H groups in total. The van der Waals surface area contributed by atoms with Crippen LogP contribution < -0.4 is 0 Å². The molecular weight excluding hydrogens is 316 g/mol. The van der Waals surface area contributed by atoms with Crippen LogP contribution in [0.3, 0.4) is 0 Å². The van der Waals surface area contributed by atoms with Gasteiger partial charge in [-0.2, -0.15) is 0 Å². The summed E-state index contributed by atoms with van der Waals surface area (Å²) in [6, 6.07) is 0. The van der Waals surface area contributed by atoms with Crippen molar-refractivity contribution in [2.75, 3.05) is 0 Å². The third kappa shape index (κ3) is 5.33. The summed E-state index contributed by atoms with van der Waals surface area (Å²) >= 11 is 0. The van der Waals surface area contributed by atoms with E-state index in [1.165, 1.54) is 6.08 Å². The van der Waals surface area contributed by atoms with Gasteiger partial charge in [-0.25, -0.2) is 0 Å². The van der Waals surface area contributed by atoms with Gasteiger partial charge in [0.05, 0.1) is 11.5 Å². The van der Waals surface area contributed by atoms with Gasteiger partial charge in [0.15, 0.2) is 23.0 Å². The summed E-state index contributed by atoms with van der Waals surface area (Å²) < 4.78 is 0. The van der Waals surface area contributed by atoms with Crippen molar-refractivity contribution >= 4 is 17.3 Å². The van der Waals surface area contributed by atoms with Crippen molar-refractivity contribution in [3.05, 3.63) is 34.9 Å². The normalized spacial score (nSPS) is 22.6. The first-order valence-electron chi connectivity index (χ1n) is 8.81. The fourth-order valence-corrected chi connectivity index (χ4v) is 2.85. The lowest BCUT2D eigenvalue weighted by atomic mass is 9.82. The Morgan fingerprint density at radius 2 is 1.72 bits per heavy atom. The minimum atomic E-state index is -1.91. The van der Waals surface area contributed by atoms with Gasteiger partial charge in [-0.15, -0.1) is 0 Å². The highest BCUT2D eigenvalue weighted by molar-refractivity contribution is 6.25. The van der Waals surface area contributed by atoms with Crippen molar-refractivity contribution < 1.29 is 19.5 Å². The smallest absolute Gasteiger partial charge is 0.173 e. The van der Waals surface area contributed by atoms with Crippen LogP contribution in [0.15, 0.2) is 34.9 Å². The minimum absolute atomic E-state index is 0.0195. The zero-order valence-corrected chi connectivity index (χ0v) is 16.2. The molecule has 0 saturated heterocycles. The average Bonchev–Trinajstić information content (AvgIpc) is 2.74. The van der Waals surface area contributed by atoms with Crippen molar-refractivity contribution in [3.8, 4) is 0 Å². The number of carbonyl (C=O) groups is 3. The quantitative estimate of drug-likeness (QED) is 0.537. The van der Waals surface area contributed by atoms with Crippen LogP contribution >= 0.6 is 0 Å². The van der Waals surface area contributed by atoms with Crippen LogP contribution in [0.2, 0.25) is 0 Å². The Balaban J connectivity index is 3.24. The molecule has 25 heavy (non-hydrogen) atoms. The van der Waals surface area contributed by atoms with Gasteiger partial charge < -0.3 is 5.11 Å². The van der Waals surface area contributed by atoms with Gasteiger partial charge in [0, 0.05) is 12.8 Å². The topological polar surface area (TPSA) is 71.4 Å². The lowest BCUT2D eigenvalue weighted by molar-refractivity contribution is -0.140. The molecule has 0 radical (unpaired) electrons. The molecule has 2 atom stereocenters. The van der Waals surface area contributed by atoms with Crippen LogP contribution in [0.4, 0.5) is 0 Å². The van der Waals surface area contributed by atoms with Crippen LogP contribution in [0.25, 0.3) is 0 Å². The molecular formula is C21H30O4. The third-order valence-corrected chi connectivity index (χ3v) is 4.28. The number of carbonyl (C=O) groups excluding carboxylic acids is 3. The van der Waals surface area contributed by atoms with Crippen LogP contribution in [0, 0.1) is 11.8 Å². The van der Waals surface area contributed by atoms with E-state index in [2.05, 4.69) is 0 Å². The molecule has 0 aromatic heterocycles. The first kappa shape index (κ1) is 21.2. The van der Waals surface area contributed by atoms with E-state index in [1.807, 2.05) is 47.6 Å². The number of hydrogen-bond acceptors (Lipinski definition) is 4. The first-order valence-corrected chi connectivity index (χ1v) is 8.81. The summed E-state index contributed by atoms with van der Waals surface area (Å²) in [4.78, 5) is 37.8. The van der Waals surface area contributed by atoms with E-state index in [-0.39, 0.29) is 36.5 Å². The molecule has 4 nitrogen and oxygen atoms in total. The fraction of sp³-hybridized carbons (Fsp3) is 0.571. The molecule has 1 aliphatic carbocycles. The summed E-state index contributed by atoms with van der Waals surface area (Å²) in [5.74, 6) is -1.98. The SMILES string of the molecule is CC(C)=CCC(=O)[C@@]1(O)C=C(C(=O)CC(C)C)C(=O)C1CC=C(C)C. The molecule has 0 aromatic carbocycles. The predicted octanol–water partition coefficient (Wildman–Crippen LogP) is 3.74. The lowest BCUT2D eigenvalue weighted by Gasteiger charge is -2.25. The second-order valence-electron chi connectivity index (χ2n) is 7.75. The van der Waals surface area contributed by atoms with Gasteiger partial charge in [0.25, 0.3) is 0 Å². The summed E-state index contributed by atoms with van der Waals surface area (Å²) in [6.07, 6.45) is 5.28. The van der Waals surface area contributed by atoms with Crippen molar-refractivity contribution in [1.82, 2.24) is 0 Å². The Kier molecular flexibility index (Phi) is 7.24. The van der Waals surface area contributed by atoms with Crippen molar-refractivity contribution in [1.29, 1.82) is 0 Å². The minimum Gasteiger partial charge on any atom is -0.377 e. The number of hydrogen-bond donors (Lipinski definition) is 1. The summed E-state index contributed by atoms with van der Waals surface area (Å²) in [5, 5.41) is 11.0. The molecule has 0 spiro atoms. The van der Waals surface area contributed by atoms with Gasteiger partial charge in [-0.1, -0.05) is 37.1 Å². The second kappa shape index (κ2) is 8.52. The number of rotatable bonds is 8. The average molecular weight is 346 g/mol. The van der Waals surface area contributed by atoms with Crippen LogP contribution in [0.1, 0.15) is 60.8 Å². The monoisotopic (exact) mass is 346 g/mol. The number of allylic oxidation sites excluding steroid dienone is 5. The molecule has 0 fully saturated rings. The fourth-order valence-electron chi connectivity index (χ4n) is 2.85. The van der Waals surface area contributed by atoms with Gasteiger partial charge in [-0.3, -0.25) is 14.4 Å². The molecule has 1 aliphatic rings. The van der Waals surface area contributed by atoms with E-state index in [9.17, 15) is 19.5 Å². The Morgan fingerprint density at radius 1 is 1.16 bits per heavy atom. The molecule has 1 unspecified atom stereocenters. The molecule has 138 valence electrons. The Labute approximate surface area is 150 Å². The molecule has 4 heteroatoms. The Bertz CT molecular complexity index is 641. The van der Waals surface area contributed by atoms with Crippen LogP contribution in [0.5, 0.6) is 0 Å². The first-order chi connectivity index (χ1) is 11.5. The van der Waals surface area contributed by atoms with Crippen LogP contribution in [-0.2, 0) is 14.4 Å². The molecule has 0 aliphatic heterocycles. The predicted molar refractivity (Wildman–Crippen MR) is 99.1 cm³/mol. The molecule has 0 aromatic rings.